The summed E-state index contributed by atoms with van der Waals surface area (Å²) in [5.41, 5.74) is 1.31. The summed E-state index contributed by atoms with van der Waals surface area (Å²) in [5.74, 6) is -1.11. The summed E-state index contributed by atoms with van der Waals surface area (Å²) >= 11 is 0. The summed E-state index contributed by atoms with van der Waals surface area (Å²) in [6.45, 7) is 3.17. The number of aromatic nitrogens is 1. The Labute approximate surface area is 123 Å². The van der Waals surface area contributed by atoms with Gasteiger partial charge in [0.05, 0.1) is 18.1 Å². The van der Waals surface area contributed by atoms with E-state index in [0.717, 1.165) is 18.5 Å². The van der Waals surface area contributed by atoms with Gasteiger partial charge in [-0.3, -0.25) is 14.6 Å². The van der Waals surface area contributed by atoms with Crippen LogP contribution >= 0.6 is 0 Å². The maximum atomic E-state index is 12.5. The van der Waals surface area contributed by atoms with Crippen LogP contribution in [-0.2, 0) is 9.53 Å². The molecule has 0 saturated carbocycles. The van der Waals surface area contributed by atoms with Gasteiger partial charge in [0.25, 0.3) is 5.91 Å². The highest BCUT2D eigenvalue weighted by molar-refractivity contribution is 5.94. The normalized spacial score (nSPS) is 17.7. The Balaban J connectivity index is 2.06. The second-order valence-electron chi connectivity index (χ2n) is 5.22. The molecule has 0 spiro atoms. The Hall–Kier alpha value is -1.95. The lowest BCUT2D eigenvalue weighted by Gasteiger charge is -2.25. The number of carboxylic acid groups (broad SMARTS) is 1. The van der Waals surface area contributed by atoms with Gasteiger partial charge in [-0.2, -0.15) is 0 Å². The van der Waals surface area contributed by atoms with E-state index in [1.165, 1.54) is 6.20 Å². The summed E-state index contributed by atoms with van der Waals surface area (Å²) in [5, 5.41) is 8.83. The zero-order valence-corrected chi connectivity index (χ0v) is 12.1. The Kier molecular flexibility index (Phi) is 5.27. The van der Waals surface area contributed by atoms with Crippen LogP contribution in [-0.4, -0.2) is 52.7 Å². The Bertz CT molecular complexity index is 495. The van der Waals surface area contributed by atoms with E-state index in [1.54, 1.807) is 17.0 Å². The minimum atomic E-state index is -0.915. The standard InChI is InChI=1S/C15H20N2O4/c1-11-4-5-12(9-16-11)15(20)17(7-6-14(18)19)10-13-3-2-8-21-13/h4-5,9,13H,2-3,6-8,10H2,1H3,(H,18,19)/t13-/m1/s1. The summed E-state index contributed by atoms with van der Waals surface area (Å²) < 4.78 is 5.54. The smallest absolute Gasteiger partial charge is 0.305 e. The summed E-state index contributed by atoms with van der Waals surface area (Å²) in [7, 11) is 0. The van der Waals surface area contributed by atoms with E-state index in [4.69, 9.17) is 9.84 Å². The molecular weight excluding hydrogens is 272 g/mol. The highest BCUT2D eigenvalue weighted by Crippen LogP contribution is 2.15. The lowest BCUT2D eigenvalue weighted by molar-refractivity contribution is -0.137. The molecule has 2 rings (SSSR count). The van der Waals surface area contributed by atoms with Crippen LogP contribution in [0.5, 0.6) is 0 Å². The molecule has 1 aromatic rings. The van der Waals surface area contributed by atoms with Crippen molar-refractivity contribution in [3.63, 3.8) is 0 Å². The van der Waals surface area contributed by atoms with Gasteiger partial charge in [0.2, 0.25) is 0 Å². The number of hydrogen-bond acceptors (Lipinski definition) is 4. The Morgan fingerprint density at radius 1 is 1.48 bits per heavy atom. The number of aliphatic carboxylic acids is 1. The number of carboxylic acids is 1. The molecule has 2 heterocycles. The molecule has 0 unspecified atom stereocenters. The van der Waals surface area contributed by atoms with Crippen molar-refractivity contribution in [1.82, 2.24) is 9.88 Å². The molecule has 1 aliphatic rings. The zero-order chi connectivity index (χ0) is 15.2. The van der Waals surface area contributed by atoms with Crippen molar-refractivity contribution in [2.75, 3.05) is 19.7 Å². The molecule has 1 aliphatic heterocycles. The van der Waals surface area contributed by atoms with Crippen molar-refractivity contribution >= 4 is 11.9 Å². The van der Waals surface area contributed by atoms with E-state index in [1.807, 2.05) is 6.92 Å². The number of amides is 1. The number of rotatable bonds is 6. The van der Waals surface area contributed by atoms with E-state index in [9.17, 15) is 9.59 Å². The molecule has 0 aliphatic carbocycles. The van der Waals surface area contributed by atoms with Crippen LogP contribution in [0, 0.1) is 6.92 Å². The van der Waals surface area contributed by atoms with E-state index in [2.05, 4.69) is 4.98 Å². The Morgan fingerprint density at radius 3 is 2.86 bits per heavy atom. The predicted octanol–water partition coefficient (Wildman–Crippen LogP) is 1.49. The first-order chi connectivity index (χ1) is 10.1. The monoisotopic (exact) mass is 292 g/mol. The lowest BCUT2D eigenvalue weighted by atomic mass is 10.2. The fraction of sp³-hybridized carbons (Fsp3) is 0.533. The first-order valence-electron chi connectivity index (χ1n) is 7.11. The van der Waals surface area contributed by atoms with Crippen molar-refractivity contribution in [2.45, 2.75) is 32.3 Å². The van der Waals surface area contributed by atoms with Crippen LogP contribution in [0.2, 0.25) is 0 Å². The van der Waals surface area contributed by atoms with E-state index in [0.29, 0.717) is 18.7 Å². The zero-order valence-electron chi connectivity index (χ0n) is 12.1. The van der Waals surface area contributed by atoms with Gasteiger partial charge in [-0.1, -0.05) is 0 Å². The van der Waals surface area contributed by atoms with Crippen molar-refractivity contribution in [1.29, 1.82) is 0 Å². The number of aryl methyl sites for hydroxylation is 1. The van der Waals surface area contributed by atoms with Gasteiger partial charge in [-0.25, -0.2) is 0 Å². The lowest BCUT2D eigenvalue weighted by Crippen LogP contribution is -2.38. The van der Waals surface area contributed by atoms with Gasteiger partial charge in [-0.15, -0.1) is 0 Å². The number of ether oxygens (including phenoxy) is 1. The van der Waals surface area contributed by atoms with Crippen LogP contribution in [0.1, 0.15) is 35.3 Å². The average Bonchev–Trinajstić information content (AvgIpc) is 2.96. The molecule has 6 nitrogen and oxygen atoms in total. The van der Waals surface area contributed by atoms with Gasteiger partial charge < -0.3 is 14.7 Å². The van der Waals surface area contributed by atoms with Gasteiger partial charge >= 0.3 is 5.97 Å². The van der Waals surface area contributed by atoms with Gasteiger partial charge in [0, 0.05) is 31.6 Å². The first-order valence-corrected chi connectivity index (χ1v) is 7.11. The Morgan fingerprint density at radius 2 is 2.29 bits per heavy atom. The van der Waals surface area contributed by atoms with Crippen molar-refractivity contribution in [3.8, 4) is 0 Å². The third-order valence-corrected chi connectivity index (χ3v) is 3.49. The third kappa shape index (κ3) is 4.53. The minimum absolute atomic E-state index is 0.00107. The fourth-order valence-corrected chi connectivity index (χ4v) is 2.32. The molecule has 1 amide bonds. The van der Waals surface area contributed by atoms with Crippen LogP contribution in [0.15, 0.2) is 18.3 Å². The predicted molar refractivity (Wildman–Crippen MR) is 76.1 cm³/mol. The van der Waals surface area contributed by atoms with E-state index in [-0.39, 0.29) is 25.0 Å². The van der Waals surface area contributed by atoms with E-state index >= 15 is 0 Å². The number of carbonyl (C=O) groups is 2. The largest absolute Gasteiger partial charge is 0.481 e. The molecule has 114 valence electrons. The molecule has 21 heavy (non-hydrogen) atoms. The number of hydrogen-bond donors (Lipinski definition) is 1. The average molecular weight is 292 g/mol. The molecule has 1 atom stereocenters. The van der Waals surface area contributed by atoms with Gasteiger partial charge in [0.1, 0.15) is 0 Å². The van der Waals surface area contributed by atoms with E-state index < -0.39 is 5.97 Å². The van der Waals surface area contributed by atoms with Gasteiger partial charge in [0.15, 0.2) is 0 Å². The van der Waals surface area contributed by atoms with Crippen LogP contribution in [0.3, 0.4) is 0 Å². The summed E-state index contributed by atoms with van der Waals surface area (Å²) in [6, 6.07) is 3.49. The summed E-state index contributed by atoms with van der Waals surface area (Å²) in [6.07, 6.45) is 3.35. The maximum absolute atomic E-state index is 12.5. The van der Waals surface area contributed by atoms with Crippen LogP contribution in [0.4, 0.5) is 0 Å². The SMILES string of the molecule is Cc1ccc(C(=O)N(CCC(=O)O)C[C@H]2CCCO2)cn1. The van der Waals surface area contributed by atoms with Crippen LogP contribution in [0.25, 0.3) is 0 Å². The number of carbonyl (C=O) groups excluding carboxylic acids is 1. The molecular formula is C15H20N2O4. The van der Waals surface area contributed by atoms with Crippen molar-refractivity contribution < 1.29 is 19.4 Å². The minimum Gasteiger partial charge on any atom is -0.481 e. The molecule has 1 aromatic heterocycles. The fourth-order valence-electron chi connectivity index (χ4n) is 2.32. The van der Waals surface area contributed by atoms with Crippen LogP contribution < -0.4 is 0 Å². The second-order valence-corrected chi connectivity index (χ2v) is 5.22. The van der Waals surface area contributed by atoms with Crippen molar-refractivity contribution in [2.24, 2.45) is 0 Å². The number of nitrogens with zero attached hydrogens (tertiary/aromatic N) is 2. The molecule has 6 heteroatoms. The maximum Gasteiger partial charge on any atom is 0.305 e. The number of pyridine rings is 1. The molecule has 1 saturated heterocycles. The topological polar surface area (TPSA) is 79.7 Å². The molecule has 0 bridgehead atoms. The highest BCUT2D eigenvalue weighted by Gasteiger charge is 2.24. The third-order valence-electron chi connectivity index (χ3n) is 3.49. The molecule has 0 radical (unpaired) electrons. The first kappa shape index (κ1) is 15.4. The highest BCUT2D eigenvalue weighted by atomic mass is 16.5. The second kappa shape index (κ2) is 7.17. The molecule has 1 fully saturated rings. The van der Waals surface area contributed by atoms with Crippen molar-refractivity contribution in [3.05, 3.63) is 29.6 Å². The summed E-state index contributed by atoms with van der Waals surface area (Å²) in [4.78, 5) is 28.9. The molecule has 0 aromatic carbocycles. The quantitative estimate of drug-likeness (QED) is 0.859. The van der Waals surface area contributed by atoms with Gasteiger partial charge in [-0.05, 0) is 31.9 Å². The molecule has 1 N–H and O–H groups in total.